The Kier molecular flexibility index (Phi) is 10.9. The molecule has 0 spiro atoms. The Labute approximate surface area is 418 Å². The van der Waals surface area contributed by atoms with Gasteiger partial charge in [0.1, 0.15) is 0 Å². The topological polar surface area (TPSA) is 44.9 Å². The van der Waals surface area contributed by atoms with Crippen LogP contribution >= 0.6 is 0 Å². The summed E-state index contributed by atoms with van der Waals surface area (Å²) in [6, 6.07) is 101. The molecule has 0 radical (unpaired) electrons. The Morgan fingerprint density at radius 2 is 0.606 bits per heavy atom. The average molecular weight is 1030 g/mol. The summed E-state index contributed by atoms with van der Waals surface area (Å²) >= 11 is -8.53. The number of aromatic nitrogens is 4. The molecule has 13 aromatic rings. The van der Waals surface area contributed by atoms with E-state index in [1.54, 1.807) is 0 Å². The summed E-state index contributed by atoms with van der Waals surface area (Å²) < 4.78 is 20.7. The second-order valence-electron chi connectivity index (χ2n) is 18.0. The predicted molar refractivity (Wildman–Crippen MR) is 299 cm³/mol. The molecule has 0 aliphatic rings. The SMILES string of the molecule is c1cc[c]([Ge]([O][Ge]([c]2ccccc2)([c]2ccccc2)[c]2cccc(-c3cc(-n4c5ccccc5c5ccccc54)nc(-n4c5ccccc5c5ccccc54)n3)c2)([c]2ccccc2)[c]2ccccc2)cc1. The van der Waals surface area contributed by atoms with Crippen LogP contribution in [0.5, 0.6) is 0 Å². The molecule has 0 unspecified atom stereocenters. The van der Waals surface area contributed by atoms with Crippen molar-refractivity contribution < 1.29 is 2.79 Å². The molecule has 71 heavy (non-hydrogen) atoms. The van der Waals surface area contributed by atoms with Gasteiger partial charge in [-0.1, -0.05) is 0 Å². The van der Waals surface area contributed by atoms with Crippen LogP contribution in [0.25, 0.3) is 66.6 Å². The molecule has 0 saturated carbocycles. The number of fused-ring (bicyclic) bond motifs is 6. The van der Waals surface area contributed by atoms with Crippen LogP contribution in [0.4, 0.5) is 0 Å². The molecule has 7 heteroatoms. The van der Waals surface area contributed by atoms with E-state index in [4.69, 9.17) is 12.8 Å². The summed E-state index contributed by atoms with van der Waals surface area (Å²) in [4.78, 5) is 11.2. The molecule has 3 heterocycles. The Morgan fingerprint density at radius 3 is 1.00 bits per heavy atom. The van der Waals surface area contributed by atoms with Gasteiger partial charge in [0.25, 0.3) is 0 Å². The van der Waals surface area contributed by atoms with Crippen LogP contribution in [0, 0.1) is 0 Å². The molecule has 0 bridgehead atoms. The summed E-state index contributed by atoms with van der Waals surface area (Å²) in [6.07, 6.45) is 0. The van der Waals surface area contributed by atoms with Gasteiger partial charge >= 0.3 is 421 Å². The third kappa shape index (κ3) is 7.19. The van der Waals surface area contributed by atoms with E-state index in [9.17, 15) is 0 Å². The summed E-state index contributed by atoms with van der Waals surface area (Å²) in [5, 5.41) is 4.66. The number of para-hydroxylation sites is 4. The van der Waals surface area contributed by atoms with E-state index < -0.39 is 27.2 Å². The van der Waals surface area contributed by atoms with E-state index in [0.29, 0.717) is 5.95 Å². The van der Waals surface area contributed by atoms with E-state index in [1.807, 2.05) is 0 Å². The van der Waals surface area contributed by atoms with Gasteiger partial charge < -0.3 is 0 Å². The molecule has 0 fully saturated rings. The van der Waals surface area contributed by atoms with Crippen molar-refractivity contribution in [3.8, 4) is 23.0 Å². The van der Waals surface area contributed by atoms with E-state index in [2.05, 4.69) is 288 Å². The molecule has 336 valence electrons. The minimum absolute atomic E-state index is 0.601. The Morgan fingerprint density at radius 1 is 0.282 bits per heavy atom. The molecular formula is C64H46Ge2N4O. The number of hydrogen-bond acceptors (Lipinski definition) is 3. The summed E-state index contributed by atoms with van der Waals surface area (Å²) in [5.41, 5.74) is 6.07. The first-order chi connectivity index (χ1) is 35.2. The van der Waals surface area contributed by atoms with Crippen LogP contribution in [0.1, 0.15) is 0 Å². The third-order valence-electron chi connectivity index (χ3n) is 14.1. The number of nitrogens with zero attached hydrogens (tertiary/aromatic N) is 4. The van der Waals surface area contributed by atoms with Crippen molar-refractivity contribution >= 4 is 97.2 Å². The van der Waals surface area contributed by atoms with Gasteiger partial charge in [-0.15, -0.1) is 0 Å². The van der Waals surface area contributed by atoms with Gasteiger partial charge in [0.2, 0.25) is 0 Å². The van der Waals surface area contributed by atoms with Gasteiger partial charge in [-0.2, -0.15) is 0 Å². The Hall–Kier alpha value is -8.07. The average Bonchev–Trinajstić information content (AvgIpc) is 3.98. The quantitative estimate of drug-likeness (QED) is 0.121. The number of benzene rings is 10. The molecule has 0 aliphatic heterocycles. The van der Waals surface area contributed by atoms with Crippen molar-refractivity contribution in [1.82, 2.24) is 19.1 Å². The standard InChI is InChI=1S/C64H46Ge2N4O/c1-6-26-48(27-7-1)65(49-28-8-2-9-29-49,50-30-10-3-11-31-50)71-66(51-32-12-4-13-33-51,52-34-14-5-15-35-52)53-36-24-25-47(45-53)58-46-63(69-59-41-20-16-37-54(59)55-38-17-21-42-60(55)69)68-64(67-58)70-61-43-22-18-39-56(61)57-40-19-23-44-62(57)70/h1-46H. The molecular weight excluding hydrogens is 986 g/mol. The molecule has 10 aromatic carbocycles. The van der Waals surface area contributed by atoms with E-state index in [1.165, 1.54) is 37.1 Å². The van der Waals surface area contributed by atoms with Gasteiger partial charge in [-0.3, -0.25) is 0 Å². The molecule has 0 aliphatic carbocycles. The Bertz CT molecular complexity index is 3660. The molecule has 13 rings (SSSR count). The van der Waals surface area contributed by atoms with Crippen LogP contribution < -0.4 is 26.4 Å². The van der Waals surface area contributed by atoms with Crippen molar-refractivity contribution in [2.24, 2.45) is 0 Å². The summed E-state index contributed by atoms with van der Waals surface area (Å²) in [6.45, 7) is 0. The molecule has 0 N–H and O–H groups in total. The second kappa shape index (κ2) is 18.0. The minimum atomic E-state index is -4.36. The fourth-order valence-corrected chi connectivity index (χ4v) is 38.7. The zero-order chi connectivity index (χ0) is 47.2. The van der Waals surface area contributed by atoms with Crippen molar-refractivity contribution in [3.05, 3.63) is 279 Å². The van der Waals surface area contributed by atoms with Crippen molar-refractivity contribution in [1.29, 1.82) is 0 Å². The van der Waals surface area contributed by atoms with Crippen molar-refractivity contribution in [3.63, 3.8) is 0 Å². The fraction of sp³-hybridized carbons (Fsp3) is 0. The van der Waals surface area contributed by atoms with Gasteiger partial charge in [0.05, 0.1) is 0 Å². The van der Waals surface area contributed by atoms with Crippen LogP contribution in [-0.2, 0) is 2.79 Å². The van der Waals surface area contributed by atoms with Gasteiger partial charge in [0.15, 0.2) is 0 Å². The first kappa shape index (κ1) is 43.0. The van der Waals surface area contributed by atoms with E-state index in [0.717, 1.165) is 49.9 Å². The molecule has 0 saturated heterocycles. The zero-order valence-electron chi connectivity index (χ0n) is 38.8. The predicted octanol–water partition coefficient (Wildman–Crippen LogP) is 11.0. The van der Waals surface area contributed by atoms with Gasteiger partial charge in [-0.05, 0) is 0 Å². The summed E-state index contributed by atoms with van der Waals surface area (Å²) in [7, 11) is 0. The number of hydrogen-bond donors (Lipinski definition) is 0. The monoisotopic (exact) mass is 1030 g/mol. The molecule has 0 atom stereocenters. The van der Waals surface area contributed by atoms with E-state index >= 15 is 0 Å². The molecule has 3 aromatic heterocycles. The summed E-state index contributed by atoms with van der Waals surface area (Å²) in [5.74, 6) is 1.39. The normalized spacial score (nSPS) is 12.0. The van der Waals surface area contributed by atoms with E-state index in [-0.39, 0.29) is 0 Å². The third-order valence-corrected chi connectivity index (χ3v) is 36.4. The molecule has 5 nitrogen and oxygen atoms in total. The first-order valence-electron chi connectivity index (χ1n) is 24.2. The molecule has 0 amide bonds. The van der Waals surface area contributed by atoms with Crippen molar-refractivity contribution in [2.75, 3.05) is 0 Å². The first-order valence-corrected chi connectivity index (χ1v) is 32.2. The zero-order valence-corrected chi connectivity index (χ0v) is 43.0. The van der Waals surface area contributed by atoms with Crippen LogP contribution in [0.2, 0.25) is 0 Å². The fourth-order valence-electron chi connectivity index (χ4n) is 10.9. The second-order valence-corrected chi connectivity index (χ2v) is 33.7. The van der Waals surface area contributed by atoms with Crippen LogP contribution in [0.15, 0.2) is 279 Å². The van der Waals surface area contributed by atoms with Crippen molar-refractivity contribution in [2.45, 2.75) is 0 Å². The maximum absolute atomic E-state index is 8.83. The van der Waals surface area contributed by atoms with Crippen LogP contribution in [-0.4, -0.2) is 46.3 Å². The van der Waals surface area contributed by atoms with Gasteiger partial charge in [-0.25, -0.2) is 0 Å². The van der Waals surface area contributed by atoms with Gasteiger partial charge in [0, 0.05) is 0 Å². The number of rotatable bonds is 11. The maximum atomic E-state index is 8.83. The Balaban J connectivity index is 1.11. The van der Waals surface area contributed by atoms with Crippen LogP contribution in [0.3, 0.4) is 0 Å².